The summed E-state index contributed by atoms with van der Waals surface area (Å²) in [4.78, 5) is 0. The fraction of sp³-hybridized carbons (Fsp3) is 1.00. The zero-order valence-electron chi connectivity index (χ0n) is 7.53. The van der Waals surface area contributed by atoms with Crippen LogP contribution in [0, 0.1) is 11.3 Å². The molecule has 1 saturated heterocycles. The van der Waals surface area contributed by atoms with Gasteiger partial charge in [-0.2, -0.15) is 0 Å². The van der Waals surface area contributed by atoms with Gasteiger partial charge in [0.2, 0.25) is 0 Å². The lowest BCUT2D eigenvalue weighted by Gasteiger charge is -2.31. The van der Waals surface area contributed by atoms with Crippen LogP contribution in [0.5, 0.6) is 0 Å². The Morgan fingerprint density at radius 2 is 2.11 bits per heavy atom. The third-order valence-corrected chi connectivity index (χ3v) is 1.39. The highest BCUT2D eigenvalue weighted by Crippen LogP contribution is 2.28. The van der Waals surface area contributed by atoms with Gasteiger partial charge in [0.1, 0.15) is 0 Å². The van der Waals surface area contributed by atoms with Crippen molar-refractivity contribution in [1.82, 2.24) is 0 Å². The van der Waals surface area contributed by atoms with E-state index in [0.717, 1.165) is 6.42 Å². The summed E-state index contributed by atoms with van der Waals surface area (Å²) in [7, 11) is 0. The predicted octanol–water partition coefficient (Wildman–Crippen LogP) is 2.07. The molecule has 1 rings (SSSR count). The lowest BCUT2D eigenvalue weighted by atomic mass is 9.84. The molecule has 0 bridgehead atoms. The minimum atomic E-state index is -0.266. The van der Waals surface area contributed by atoms with Crippen molar-refractivity contribution >= 4 is 0 Å². The standard InChI is InChI=1S/C8H16O/c1-8(2,3)4-7-5-9-6-7/h7H,4-6H2,1-3H3/i7D. The van der Waals surface area contributed by atoms with Crippen molar-refractivity contribution in [2.45, 2.75) is 27.2 Å². The minimum absolute atomic E-state index is 0.266. The fourth-order valence-electron chi connectivity index (χ4n) is 1.10. The zero-order valence-corrected chi connectivity index (χ0v) is 6.53. The molecule has 0 atom stereocenters. The summed E-state index contributed by atoms with van der Waals surface area (Å²) in [5.41, 5.74) is 0.269. The monoisotopic (exact) mass is 129 g/mol. The van der Waals surface area contributed by atoms with E-state index in [-0.39, 0.29) is 11.3 Å². The van der Waals surface area contributed by atoms with Gasteiger partial charge in [-0.1, -0.05) is 20.8 Å². The van der Waals surface area contributed by atoms with E-state index in [1.165, 1.54) is 0 Å². The number of rotatable bonds is 1. The smallest absolute Gasteiger partial charge is 0.0516 e. The van der Waals surface area contributed by atoms with Gasteiger partial charge in [-0.25, -0.2) is 0 Å². The van der Waals surface area contributed by atoms with Gasteiger partial charge < -0.3 is 4.74 Å². The molecule has 0 N–H and O–H groups in total. The topological polar surface area (TPSA) is 9.23 Å². The van der Waals surface area contributed by atoms with Crippen LogP contribution in [0.1, 0.15) is 28.6 Å². The average Bonchev–Trinajstić information content (AvgIpc) is 1.57. The van der Waals surface area contributed by atoms with Gasteiger partial charge in [0.25, 0.3) is 0 Å². The maximum atomic E-state index is 7.79. The van der Waals surface area contributed by atoms with Gasteiger partial charge >= 0.3 is 0 Å². The molecule has 0 spiro atoms. The third-order valence-electron chi connectivity index (χ3n) is 1.39. The van der Waals surface area contributed by atoms with E-state index < -0.39 is 0 Å². The van der Waals surface area contributed by atoms with Crippen LogP contribution in [0.25, 0.3) is 0 Å². The summed E-state index contributed by atoms with van der Waals surface area (Å²) in [5, 5.41) is 0. The zero-order chi connectivity index (χ0) is 7.83. The molecule has 0 aliphatic carbocycles. The molecule has 0 aromatic heterocycles. The van der Waals surface area contributed by atoms with Crippen molar-refractivity contribution in [3.8, 4) is 0 Å². The summed E-state index contributed by atoms with van der Waals surface area (Å²) in [6, 6.07) is 0. The normalized spacial score (nSPS) is 26.8. The van der Waals surface area contributed by atoms with Crippen LogP contribution in [0.3, 0.4) is 0 Å². The van der Waals surface area contributed by atoms with Crippen molar-refractivity contribution in [3.05, 3.63) is 0 Å². The van der Waals surface area contributed by atoms with E-state index >= 15 is 0 Å². The van der Waals surface area contributed by atoms with Crippen LogP contribution in [-0.2, 0) is 4.74 Å². The molecule has 1 aliphatic rings. The minimum Gasteiger partial charge on any atom is -0.381 e. The first-order valence-electron chi connectivity index (χ1n) is 3.99. The quantitative estimate of drug-likeness (QED) is 0.526. The van der Waals surface area contributed by atoms with E-state index in [4.69, 9.17) is 6.11 Å². The average molecular weight is 129 g/mol. The van der Waals surface area contributed by atoms with Gasteiger partial charge in [-0.3, -0.25) is 0 Å². The van der Waals surface area contributed by atoms with E-state index in [9.17, 15) is 0 Å². The van der Waals surface area contributed by atoms with Crippen LogP contribution >= 0.6 is 0 Å². The first kappa shape index (κ1) is 5.72. The summed E-state index contributed by atoms with van der Waals surface area (Å²) >= 11 is 0. The molecule has 0 amide bonds. The van der Waals surface area contributed by atoms with Gasteiger partial charge in [0.15, 0.2) is 0 Å². The van der Waals surface area contributed by atoms with Crippen LogP contribution in [0.15, 0.2) is 0 Å². The Kier molecular flexibility index (Phi) is 1.46. The Labute approximate surface area is 58.8 Å². The van der Waals surface area contributed by atoms with E-state index in [2.05, 4.69) is 20.8 Å². The summed E-state index contributed by atoms with van der Waals surface area (Å²) in [6.07, 6.45) is 0.944. The molecular formula is C8H16O. The van der Waals surface area contributed by atoms with Crippen molar-refractivity contribution < 1.29 is 6.11 Å². The molecule has 0 saturated carbocycles. The maximum absolute atomic E-state index is 7.79. The predicted molar refractivity (Wildman–Crippen MR) is 38.4 cm³/mol. The molecule has 1 heterocycles. The molecule has 9 heavy (non-hydrogen) atoms. The van der Waals surface area contributed by atoms with Crippen molar-refractivity contribution in [1.29, 1.82) is 0 Å². The molecular weight excluding hydrogens is 112 g/mol. The number of ether oxygens (including phenoxy) is 1. The SMILES string of the molecule is [2H]C1(CC(C)(C)C)COC1. The van der Waals surface area contributed by atoms with E-state index in [1.54, 1.807) is 0 Å². The van der Waals surface area contributed by atoms with E-state index in [1.807, 2.05) is 0 Å². The first-order chi connectivity index (χ1) is 4.41. The van der Waals surface area contributed by atoms with Crippen LogP contribution in [0.4, 0.5) is 0 Å². The first-order valence-corrected chi connectivity index (χ1v) is 3.49. The van der Waals surface area contributed by atoms with Gasteiger partial charge in [-0.15, -0.1) is 0 Å². The maximum Gasteiger partial charge on any atom is 0.0516 e. The molecule has 1 fully saturated rings. The van der Waals surface area contributed by atoms with Gasteiger partial charge in [0, 0.05) is 7.26 Å². The second kappa shape index (κ2) is 2.30. The molecule has 1 aliphatic heterocycles. The Bertz CT molecular complexity index is 122. The summed E-state index contributed by atoms with van der Waals surface area (Å²) < 4.78 is 12.8. The number of hydrogen-bond donors (Lipinski definition) is 0. The van der Waals surface area contributed by atoms with Crippen molar-refractivity contribution in [2.24, 2.45) is 11.3 Å². The lowest BCUT2D eigenvalue weighted by molar-refractivity contribution is -0.0486. The highest BCUT2D eigenvalue weighted by Gasteiger charge is 2.24. The Morgan fingerprint density at radius 1 is 1.56 bits per heavy atom. The largest absolute Gasteiger partial charge is 0.381 e. The molecule has 1 nitrogen and oxygen atoms in total. The molecule has 0 aromatic rings. The second-order valence-electron chi connectivity index (χ2n) is 3.98. The van der Waals surface area contributed by atoms with Crippen LogP contribution in [-0.4, -0.2) is 13.2 Å². The second-order valence-corrected chi connectivity index (χ2v) is 3.98. The number of hydrogen-bond acceptors (Lipinski definition) is 1. The molecule has 54 valence electrons. The fourth-order valence-corrected chi connectivity index (χ4v) is 1.10. The van der Waals surface area contributed by atoms with Crippen molar-refractivity contribution in [2.75, 3.05) is 13.2 Å². The van der Waals surface area contributed by atoms with Gasteiger partial charge in [-0.05, 0) is 11.8 Å². The Hall–Kier alpha value is -0.0400. The molecule has 1 heteroatoms. The Balaban J connectivity index is 2.37. The van der Waals surface area contributed by atoms with Crippen LogP contribution in [0.2, 0.25) is 0 Å². The third kappa shape index (κ3) is 2.35. The molecule has 0 aromatic carbocycles. The van der Waals surface area contributed by atoms with Crippen LogP contribution < -0.4 is 0 Å². The van der Waals surface area contributed by atoms with Gasteiger partial charge in [0.05, 0.1) is 13.2 Å². The van der Waals surface area contributed by atoms with Crippen molar-refractivity contribution in [3.63, 3.8) is 0 Å². The Morgan fingerprint density at radius 3 is 2.22 bits per heavy atom. The summed E-state index contributed by atoms with van der Waals surface area (Å²) in [5.74, 6) is -0.266. The lowest BCUT2D eigenvalue weighted by Crippen LogP contribution is -2.31. The highest BCUT2D eigenvalue weighted by atomic mass is 16.5. The molecule has 0 unspecified atom stereocenters. The highest BCUT2D eigenvalue weighted by molar-refractivity contribution is 4.72. The molecule has 0 radical (unpaired) electrons. The van der Waals surface area contributed by atoms with E-state index in [0.29, 0.717) is 13.2 Å². The summed E-state index contributed by atoms with van der Waals surface area (Å²) in [6.45, 7) is 7.76.